The van der Waals surface area contributed by atoms with Crippen LogP contribution in [0.25, 0.3) is 0 Å². The number of hydrogen-bond acceptors (Lipinski definition) is 2. The van der Waals surface area contributed by atoms with Crippen LogP contribution >= 0.6 is 0 Å². The molecular formula is C9H17NO. The Kier molecular flexibility index (Phi) is 2.33. The van der Waals surface area contributed by atoms with Crippen LogP contribution in [0.3, 0.4) is 0 Å². The lowest BCUT2D eigenvalue weighted by atomic mass is 10.0. The van der Waals surface area contributed by atoms with Crippen molar-refractivity contribution in [2.75, 3.05) is 7.05 Å². The van der Waals surface area contributed by atoms with E-state index in [0.717, 1.165) is 19.3 Å². The summed E-state index contributed by atoms with van der Waals surface area (Å²) in [6.45, 7) is 4.17. The molecular weight excluding hydrogens is 138 g/mol. The Hall–Kier alpha value is -0.370. The van der Waals surface area contributed by atoms with Gasteiger partial charge in [0, 0.05) is 6.42 Å². The van der Waals surface area contributed by atoms with Crippen LogP contribution < -0.4 is 5.32 Å². The summed E-state index contributed by atoms with van der Waals surface area (Å²) in [7, 11) is 1.88. The highest BCUT2D eigenvalue weighted by molar-refractivity contribution is 5.91. The molecule has 0 atom stereocenters. The number of nitrogens with one attached hydrogen (secondary N) is 1. The van der Waals surface area contributed by atoms with Crippen LogP contribution in [0.5, 0.6) is 0 Å². The Balaban J connectivity index is 2.41. The number of Topliss-reactive ketones (excluding diaryl/α,β-unsaturated/α-hetero) is 1. The van der Waals surface area contributed by atoms with Crippen LogP contribution in [0.2, 0.25) is 0 Å². The van der Waals surface area contributed by atoms with E-state index in [1.54, 1.807) is 0 Å². The van der Waals surface area contributed by atoms with E-state index in [1.807, 2.05) is 7.05 Å². The van der Waals surface area contributed by atoms with E-state index in [4.69, 9.17) is 0 Å². The molecule has 0 aromatic carbocycles. The van der Waals surface area contributed by atoms with Crippen LogP contribution in [-0.4, -0.2) is 18.4 Å². The van der Waals surface area contributed by atoms with Gasteiger partial charge < -0.3 is 5.32 Å². The molecule has 1 saturated carbocycles. The standard InChI is InChI=1S/C9H17NO/c1-7(2)6-8(11)9(10-3)4-5-9/h7,10H,4-6H2,1-3H3. The molecule has 0 radical (unpaired) electrons. The van der Waals surface area contributed by atoms with E-state index in [-0.39, 0.29) is 5.54 Å². The summed E-state index contributed by atoms with van der Waals surface area (Å²) in [4.78, 5) is 11.5. The highest BCUT2D eigenvalue weighted by atomic mass is 16.1. The van der Waals surface area contributed by atoms with Crippen LogP contribution in [0.4, 0.5) is 0 Å². The maximum absolute atomic E-state index is 11.5. The monoisotopic (exact) mass is 155 g/mol. The number of likely N-dealkylation sites (N-methyl/N-ethyl adjacent to an activating group) is 1. The third-order valence-electron chi connectivity index (χ3n) is 2.36. The van der Waals surface area contributed by atoms with Gasteiger partial charge >= 0.3 is 0 Å². The van der Waals surface area contributed by atoms with Gasteiger partial charge in [0.1, 0.15) is 0 Å². The van der Waals surface area contributed by atoms with E-state index in [0.29, 0.717) is 11.7 Å². The maximum atomic E-state index is 11.5. The normalized spacial score (nSPS) is 20.4. The fourth-order valence-corrected chi connectivity index (χ4v) is 1.36. The molecule has 64 valence electrons. The average Bonchev–Trinajstić information content (AvgIpc) is 2.65. The smallest absolute Gasteiger partial charge is 0.153 e. The zero-order valence-corrected chi connectivity index (χ0v) is 7.61. The second-order valence-corrected chi connectivity index (χ2v) is 3.85. The van der Waals surface area contributed by atoms with Gasteiger partial charge in [-0.3, -0.25) is 4.79 Å². The average molecular weight is 155 g/mol. The highest BCUT2D eigenvalue weighted by Gasteiger charge is 2.47. The van der Waals surface area contributed by atoms with E-state index in [9.17, 15) is 4.79 Å². The van der Waals surface area contributed by atoms with E-state index < -0.39 is 0 Å². The number of ketones is 1. The Morgan fingerprint density at radius 3 is 2.36 bits per heavy atom. The minimum atomic E-state index is -0.107. The SMILES string of the molecule is CNC1(C(=O)CC(C)C)CC1. The Bertz CT molecular complexity index is 159. The van der Waals surface area contributed by atoms with Crippen LogP contribution in [0.1, 0.15) is 33.1 Å². The van der Waals surface area contributed by atoms with Crippen molar-refractivity contribution in [3.63, 3.8) is 0 Å². The van der Waals surface area contributed by atoms with Gasteiger partial charge in [0.05, 0.1) is 5.54 Å². The van der Waals surface area contributed by atoms with E-state index >= 15 is 0 Å². The third-order valence-corrected chi connectivity index (χ3v) is 2.36. The van der Waals surface area contributed by atoms with Gasteiger partial charge in [-0.05, 0) is 25.8 Å². The quantitative estimate of drug-likeness (QED) is 0.664. The van der Waals surface area contributed by atoms with Crippen molar-refractivity contribution in [2.24, 2.45) is 5.92 Å². The lowest BCUT2D eigenvalue weighted by Crippen LogP contribution is -2.36. The van der Waals surface area contributed by atoms with Crippen molar-refractivity contribution in [1.82, 2.24) is 5.32 Å². The molecule has 1 N–H and O–H groups in total. The highest BCUT2D eigenvalue weighted by Crippen LogP contribution is 2.37. The van der Waals surface area contributed by atoms with Crippen molar-refractivity contribution >= 4 is 5.78 Å². The number of rotatable bonds is 4. The molecule has 0 unspecified atom stereocenters. The number of carbonyl (C=O) groups excluding carboxylic acids is 1. The second kappa shape index (κ2) is 2.94. The third kappa shape index (κ3) is 1.80. The summed E-state index contributed by atoms with van der Waals surface area (Å²) in [5.74, 6) is 0.892. The first-order valence-electron chi connectivity index (χ1n) is 4.33. The van der Waals surface area contributed by atoms with Crippen molar-refractivity contribution in [2.45, 2.75) is 38.6 Å². The first kappa shape index (κ1) is 8.72. The Morgan fingerprint density at radius 1 is 1.55 bits per heavy atom. The molecule has 1 aliphatic carbocycles. The minimum Gasteiger partial charge on any atom is -0.308 e. The Morgan fingerprint density at radius 2 is 2.09 bits per heavy atom. The topological polar surface area (TPSA) is 29.1 Å². The molecule has 2 heteroatoms. The largest absolute Gasteiger partial charge is 0.308 e. The lowest BCUT2D eigenvalue weighted by Gasteiger charge is -2.13. The molecule has 0 heterocycles. The summed E-state index contributed by atoms with van der Waals surface area (Å²) in [6, 6.07) is 0. The Labute approximate surface area is 68.4 Å². The van der Waals surface area contributed by atoms with Crippen LogP contribution in [0, 0.1) is 5.92 Å². The maximum Gasteiger partial charge on any atom is 0.153 e. The molecule has 0 aromatic rings. The van der Waals surface area contributed by atoms with Crippen LogP contribution in [-0.2, 0) is 4.79 Å². The predicted octanol–water partition coefficient (Wildman–Crippen LogP) is 1.35. The summed E-state index contributed by atoms with van der Waals surface area (Å²) < 4.78 is 0. The van der Waals surface area contributed by atoms with E-state index in [2.05, 4.69) is 19.2 Å². The van der Waals surface area contributed by atoms with E-state index in [1.165, 1.54) is 0 Å². The van der Waals surface area contributed by atoms with Gasteiger partial charge in [-0.25, -0.2) is 0 Å². The molecule has 0 saturated heterocycles. The van der Waals surface area contributed by atoms with Crippen LogP contribution in [0.15, 0.2) is 0 Å². The van der Waals surface area contributed by atoms with Crippen molar-refractivity contribution in [3.8, 4) is 0 Å². The van der Waals surface area contributed by atoms with Gasteiger partial charge in [-0.15, -0.1) is 0 Å². The zero-order chi connectivity index (χ0) is 8.48. The summed E-state index contributed by atoms with van der Waals surface area (Å²) in [5.41, 5.74) is -0.107. The molecule has 0 spiro atoms. The molecule has 1 aliphatic rings. The van der Waals surface area contributed by atoms with Gasteiger partial charge in [0.25, 0.3) is 0 Å². The number of hydrogen-bond donors (Lipinski definition) is 1. The van der Waals surface area contributed by atoms with Gasteiger partial charge in [0.15, 0.2) is 5.78 Å². The summed E-state index contributed by atoms with van der Waals surface area (Å²) in [6.07, 6.45) is 2.80. The second-order valence-electron chi connectivity index (χ2n) is 3.85. The first-order chi connectivity index (χ1) is 5.10. The molecule has 1 fully saturated rings. The zero-order valence-electron chi connectivity index (χ0n) is 7.61. The summed E-state index contributed by atoms with van der Waals surface area (Å²) >= 11 is 0. The molecule has 0 aliphatic heterocycles. The molecule has 1 rings (SSSR count). The fraction of sp³-hybridized carbons (Fsp3) is 0.889. The molecule has 0 aromatic heterocycles. The summed E-state index contributed by atoms with van der Waals surface area (Å²) in [5, 5.41) is 3.11. The molecule has 11 heavy (non-hydrogen) atoms. The predicted molar refractivity (Wildman–Crippen MR) is 45.5 cm³/mol. The lowest BCUT2D eigenvalue weighted by molar-refractivity contribution is -0.122. The van der Waals surface area contributed by atoms with Gasteiger partial charge in [0.2, 0.25) is 0 Å². The van der Waals surface area contributed by atoms with Crippen molar-refractivity contribution < 1.29 is 4.79 Å². The minimum absolute atomic E-state index is 0.107. The van der Waals surface area contributed by atoms with Gasteiger partial charge in [-0.2, -0.15) is 0 Å². The molecule has 0 bridgehead atoms. The molecule has 2 nitrogen and oxygen atoms in total. The fourth-order valence-electron chi connectivity index (χ4n) is 1.36. The van der Waals surface area contributed by atoms with Crippen molar-refractivity contribution in [1.29, 1.82) is 0 Å². The van der Waals surface area contributed by atoms with Crippen molar-refractivity contribution in [3.05, 3.63) is 0 Å². The number of carbonyl (C=O) groups is 1. The van der Waals surface area contributed by atoms with Gasteiger partial charge in [-0.1, -0.05) is 13.8 Å². The first-order valence-corrected chi connectivity index (χ1v) is 4.33. The molecule has 0 amide bonds.